The molecule has 0 aliphatic carbocycles. The number of benzene rings is 1. The van der Waals surface area contributed by atoms with Crippen molar-refractivity contribution in [1.82, 2.24) is 4.98 Å². The summed E-state index contributed by atoms with van der Waals surface area (Å²) in [6.45, 7) is 0.157. The minimum Gasteiger partial charge on any atom is -0.489 e. The van der Waals surface area contributed by atoms with Crippen LogP contribution in [0.4, 0.5) is 4.39 Å². The van der Waals surface area contributed by atoms with Gasteiger partial charge >= 0.3 is 0 Å². The molecule has 20 heavy (non-hydrogen) atoms. The van der Waals surface area contributed by atoms with Gasteiger partial charge in [-0.25, -0.2) is 4.39 Å². The Bertz CT molecular complexity index is 649. The van der Waals surface area contributed by atoms with Gasteiger partial charge in [0.05, 0.1) is 11.2 Å². The number of ether oxygens (including phenoxy) is 1. The zero-order chi connectivity index (χ0) is 14.5. The van der Waals surface area contributed by atoms with Crippen LogP contribution in [0.2, 0.25) is 5.02 Å². The van der Waals surface area contributed by atoms with Gasteiger partial charge in [-0.05, 0) is 24.3 Å². The molecule has 1 aromatic heterocycles. The number of halogens is 2. The second-order valence-electron chi connectivity index (χ2n) is 3.93. The summed E-state index contributed by atoms with van der Waals surface area (Å²) in [7, 11) is 0. The molecule has 3 N–H and O–H groups in total. The number of oxime groups is 1. The van der Waals surface area contributed by atoms with E-state index < -0.39 is 5.82 Å². The lowest BCUT2D eigenvalue weighted by Crippen LogP contribution is -2.13. The molecule has 1 heterocycles. The van der Waals surface area contributed by atoms with Crippen molar-refractivity contribution in [3.05, 3.63) is 58.6 Å². The maximum Gasteiger partial charge on any atom is 0.171 e. The van der Waals surface area contributed by atoms with Crippen LogP contribution in [0.1, 0.15) is 11.1 Å². The largest absolute Gasteiger partial charge is 0.489 e. The second-order valence-corrected chi connectivity index (χ2v) is 4.33. The lowest BCUT2D eigenvalue weighted by Gasteiger charge is -2.08. The van der Waals surface area contributed by atoms with Gasteiger partial charge in [0, 0.05) is 17.3 Å². The first-order valence-electron chi connectivity index (χ1n) is 5.60. The van der Waals surface area contributed by atoms with E-state index in [1.807, 2.05) is 0 Å². The van der Waals surface area contributed by atoms with Crippen LogP contribution in [0.25, 0.3) is 0 Å². The second kappa shape index (κ2) is 6.21. The summed E-state index contributed by atoms with van der Waals surface area (Å²) in [4.78, 5) is 3.72. The van der Waals surface area contributed by atoms with E-state index in [2.05, 4.69) is 10.1 Å². The SMILES string of the molecule is N/C(=N/O)c1ccc(OCc2cncc(F)c2)cc1Cl. The highest BCUT2D eigenvalue weighted by atomic mass is 35.5. The maximum absolute atomic E-state index is 12.9. The number of rotatable bonds is 4. The number of hydrogen-bond acceptors (Lipinski definition) is 4. The minimum atomic E-state index is -0.425. The smallest absolute Gasteiger partial charge is 0.171 e. The molecule has 2 aromatic rings. The summed E-state index contributed by atoms with van der Waals surface area (Å²) >= 11 is 5.99. The van der Waals surface area contributed by atoms with E-state index in [9.17, 15) is 4.39 Å². The predicted octanol–water partition coefficient (Wildman–Crippen LogP) is 2.55. The average molecular weight is 296 g/mol. The summed E-state index contributed by atoms with van der Waals surface area (Å²) < 4.78 is 18.4. The van der Waals surface area contributed by atoms with Gasteiger partial charge in [-0.1, -0.05) is 16.8 Å². The lowest BCUT2D eigenvalue weighted by atomic mass is 10.2. The number of nitrogens with zero attached hydrogens (tertiary/aromatic N) is 2. The highest BCUT2D eigenvalue weighted by Crippen LogP contribution is 2.23. The van der Waals surface area contributed by atoms with Gasteiger partial charge in [-0.3, -0.25) is 4.98 Å². The third kappa shape index (κ3) is 3.36. The van der Waals surface area contributed by atoms with Crippen LogP contribution in [0.3, 0.4) is 0 Å². The molecule has 0 fully saturated rings. The van der Waals surface area contributed by atoms with Crippen molar-refractivity contribution >= 4 is 17.4 Å². The standard InChI is InChI=1S/C13H11ClFN3O2/c14-12-4-10(1-2-11(12)13(16)18-19)20-7-8-3-9(15)6-17-5-8/h1-6,19H,7H2,(H2,16,18). The maximum atomic E-state index is 12.9. The zero-order valence-corrected chi connectivity index (χ0v) is 11.0. The third-order valence-electron chi connectivity index (χ3n) is 2.49. The summed E-state index contributed by atoms with van der Waals surface area (Å²) in [5, 5.41) is 11.7. The molecule has 1 aromatic carbocycles. The van der Waals surface area contributed by atoms with E-state index in [1.165, 1.54) is 18.3 Å². The van der Waals surface area contributed by atoms with Crippen LogP contribution < -0.4 is 10.5 Å². The molecule has 2 rings (SSSR count). The van der Waals surface area contributed by atoms with Crippen molar-refractivity contribution in [1.29, 1.82) is 0 Å². The Hall–Kier alpha value is -2.34. The Labute approximate surface area is 119 Å². The minimum absolute atomic E-state index is 0.0871. The Balaban J connectivity index is 2.09. The van der Waals surface area contributed by atoms with E-state index in [0.29, 0.717) is 16.9 Å². The molecule has 0 spiro atoms. The molecule has 0 bridgehead atoms. The molecular formula is C13H11ClFN3O2. The van der Waals surface area contributed by atoms with Gasteiger partial charge in [0.25, 0.3) is 0 Å². The molecule has 0 aliphatic heterocycles. The van der Waals surface area contributed by atoms with Crippen molar-refractivity contribution < 1.29 is 14.3 Å². The zero-order valence-electron chi connectivity index (χ0n) is 10.3. The fourth-order valence-electron chi connectivity index (χ4n) is 1.55. The van der Waals surface area contributed by atoms with Gasteiger partial charge in [0.2, 0.25) is 0 Å². The fourth-order valence-corrected chi connectivity index (χ4v) is 1.82. The predicted molar refractivity (Wildman–Crippen MR) is 72.5 cm³/mol. The van der Waals surface area contributed by atoms with Gasteiger partial charge in [-0.15, -0.1) is 0 Å². The van der Waals surface area contributed by atoms with E-state index >= 15 is 0 Å². The van der Waals surface area contributed by atoms with Crippen LogP contribution >= 0.6 is 11.6 Å². The van der Waals surface area contributed by atoms with Crippen LogP contribution in [0.15, 0.2) is 41.8 Å². The lowest BCUT2D eigenvalue weighted by molar-refractivity contribution is 0.305. The number of amidine groups is 1. The Kier molecular flexibility index (Phi) is 4.37. The summed E-state index contributed by atoms with van der Waals surface area (Å²) in [5.74, 6) is -0.0314. The number of aromatic nitrogens is 1. The molecule has 0 saturated carbocycles. The van der Waals surface area contributed by atoms with E-state index in [0.717, 1.165) is 6.20 Å². The molecular weight excluding hydrogens is 285 g/mol. The normalized spacial score (nSPS) is 11.4. The van der Waals surface area contributed by atoms with Crippen molar-refractivity contribution in [2.45, 2.75) is 6.61 Å². The molecule has 5 nitrogen and oxygen atoms in total. The van der Waals surface area contributed by atoms with E-state index in [-0.39, 0.29) is 17.5 Å². The van der Waals surface area contributed by atoms with Crippen molar-refractivity contribution in [2.24, 2.45) is 10.9 Å². The number of hydrogen-bond donors (Lipinski definition) is 2. The summed E-state index contributed by atoms with van der Waals surface area (Å²) in [6, 6.07) is 6.05. The van der Waals surface area contributed by atoms with Gasteiger partial charge < -0.3 is 15.7 Å². The molecule has 0 aliphatic rings. The van der Waals surface area contributed by atoms with Gasteiger partial charge in [0.15, 0.2) is 5.84 Å². The molecule has 0 unspecified atom stereocenters. The molecule has 0 atom stereocenters. The Morgan fingerprint density at radius 3 is 2.85 bits per heavy atom. The van der Waals surface area contributed by atoms with Crippen LogP contribution in [-0.2, 0) is 6.61 Å². The molecule has 104 valence electrons. The van der Waals surface area contributed by atoms with Gasteiger partial charge in [0.1, 0.15) is 18.2 Å². The average Bonchev–Trinajstić information content (AvgIpc) is 2.44. The van der Waals surface area contributed by atoms with Crippen molar-refractivity contribution in [2.75, 3.05) is 0 Å². The Morgan fingerprint density at radius 1 is 1.40 bits per heavy atom. The molecule has 0 amide bonds. The first-order valence-corrected chi connectivity index (χ1v) is 5.97. The van der Waals surface area contributed by atoms with Crippen LogP contribution in [0, 0.1) is 5.82 Å². The first-order chi connectivity index (χ1) is 9.60. The molecule has 0 saturated heterocycles. The molecule has 0 radical (unpaired) electrons. The quantitative estimate of drug-likeness (QED) is 0.393. The third-order valence-corrected chi connectivity index (χ3v) is 2.80. The van der Waals surface area contributed by atoms with E-state index in [1.54, 1.807) is 12.1 Å². The monoisotopic (exact) mass is 295 g/mol. The fraction of sp³-hybridized carbons (Fsp3) is 0.0769. The first kappa shape index (κ1) is 14.1. The van der Waals surface area contributed by atoms with Crippen molar-refractivity contribution in [3.8, 4) is 5.75 Å². The number of nitrogens with two attached hydrogens (primary N) is 1. The highest BCUT2D eigenvalue weighted by molar-refractivity contribution is 6.34. The topological polar surface area (TPSA) is 80.7 Å². The van der Waals surface area contributed by atoms with Crippen molar-refractivity contribution in [3.63, 3.8) is 0 Å². The van der Waals surface area contributed by atoms with Crippen LogP contribution in [0.5, 0.6) is 5.75 Å². The Morgan fingerprint density at radius 2 is 2.20 bits per heavy atom. The number of pyridine rings is 1. The van der Waals surface area contributed by atoms with Gasteiger partial charge in [-0.2, -0.15) is 0 Å². The summed E-state index contributed by atoms with van der Waals surface area (Å²) in [6.07, 6.45) is 2.63. The highest BCUT2D eigenvalue weighted by Gasteiger charge is 2.07. The van der Waals surface area contributed by atoms with Crippen LogP contribution in [-0.4, -0.2) is 16.0 Å². The molecule has 7 heteroatoms. The van der Waals surface area contributed by atoms with E-state index in [4.69, 9.17) is 27.3 Å². The summed E-state index contributed by atoms with van der Waals surface area (Å²) in [5.41, 5.74) is 6.45.